The summed E-state index contributed by atoms with van der Waals surface area (Å²) in [6, 6.07) is 28.4. The van der Waals surface area contributed by atoms with Crippen molar-refractivity contribution < 1.29 is 30.5 Å². The van der Waals surface area contributed by atoms with E-state index in [0.29, 0.717) is 35.5 Å². The molecule has 0 fully saturated rings. The van der Waals surface area contributed by atoms with Crippen LogP contribution in [0.5, 0.6) is 0 Å². The Hall–Kier alpha value is -3.81. The zero-order valence-corrected chi connectivity index (χ0v) is 31.7. The summed E-state index contributed by atoms with van der Waals surface area (Å²) in [5.41, 5.74) is 6.54. The van der Waals surface area contributed by atoms with Crippen molar-refractivity contribution in [2.24, 2.45) is 0 Å². The van der Waals surface area contributed by atoms with E-state index in [2.05, 4.69) is 4.90 Å². The van der Waals surface area contributed by atoms with E-state index in [0.717, 1.165) is 28.1 Å². The Kier molecular flexibility index (Phi) is 12.3. The minimum Gasteiger partial charge on any atom is -0.744 e. The molecule has 0 bridgehead atoms. The van der Waals surface area contributed by atoms with Crippen molar-refractivity contribution >= 4 is 72.5 Å². The molecule has 0 atom stereocenters. The van der Waals surface area contributed by atoms with Gasteiger partial charge in [-0.2, -0.15) is 8.42 Å². The first kappa shape index (κ1) is 38.0. The van der Waals surface area contributed by atoms with Crippen LogP contribution in [0.3, 0.4) is 0 Å². The molecule has 1 aliphatic carbocycles. The summed E-state index contributed by atoms with van der Waals surface area (Å²) in [5, 5.41) is 0. The molecule has 0 aliphatic heterocycles. The Labute approximate surface area is 311 Å². The minimum absolute atomic E-state index is 0. The predicted molar refractivity (Wildman–Crippen MR) is 195 cm³/mol. The van der Waals surface area contributed by atoms with Crippen molar-refractivity contribution in [1.29, 1.82) is 0 Å². The number of hydrogen-bond acceptors (Lipinski definition) is 7. The van der Waals surface area contributed by atoms with Crippen LogP contribution in [0.1, 0.15) is 22.3 Å². The summed E-state index contributed by atoms with van der Waals surface area (Å²) in [6.07, 6.45) is 7.74. The SMILES string of the molecule is CN(C)c1ccc(C(=C2C=CC(=[N+](C)C)C=C2)c2ccc(N(Cc3ccccc3)Cc3cccc(S(=O)(=O)[O-])c3)cc2)c(S(=O)(=O)O)c1.[Na]. The molecule has 1 N–H and O–H groups in total. The minimum atomic E-state index is -4.62. The fourth-order valence-corrected chi connectivity index (χ4v) is 6.77. The molecule has 9 nitrogen and oxygen atoms in total. The molecule has 0 amide bonds. The van der Waals surface area contributed by atoms with E-state index in [1.165, 1.54) is 18.2 Å². The van der Waals surface area contributed by atoms with Gasteiger partial charge in [0.15, 0.2) is 5.71 Å². The van der Waals surface area contributed by atoms with Crippen LogP contribution >= 0.6 is 0 Å². The molecule has 0 heterocycles. The second-order valence-corrected chi connectivity index (χ2v) is 14.6. The summed E-state index contributed by atoms with van der Waals surface area (Å²) >= 11 is 0. The van der Waals surface area contributed by atoms with Crippen molar-refractivity contribution in [3.63, 3.8) is 0 Å². The Balaban J connectivity index is 0.00000541. The van der Waals surface area contributed by atoms with Crippen LogP contribution in [0.15, 0.2) is 137 Å². The fourth-order valence-electron chi connectivity index (χ4n) is 5.51. The van der Waals surface area contributed by atoms with Gasteiger partial charge in [0, 0.05) is 85.8 Å². The van der Waals surface area contributed by atoms with Crippen LogP contribution in [-0.4, -0.2) is 94.0 Å². The maximum Gasteiger partial charge on any atom is 0.295 e. The maximum atomic E-state index is 12.8. The zero-order valence-electron chi connectivity index (χ0n) is 28.1. The number of nitrogens with zero attached hydrogens (tertiary/aromatic N) is 3. The maximum absolute atomic E-state index is 12.8. The smallest absolute Gasteiger partial charge is 0.295 e. The van der Waals surface area contributed by atoms with E-state index in [9.17, 15) is 25.9 Å². The van der Waals surface area contributed by atoms with Crippen LogP contribution in [0.4, 0.5) is 11.4 Å². The molecule has 1 radical (unpaired) electrons. The molecule has 1 aliphatic rings. The fraction of sp³-hybridized carbons (Fsp3) is 0.162. The van der Waals surface area contributed by atoms with Gasteiger partial charge in [-0.25, -0.2) is 13.0 Å². The third-order valence-electron chi connectivity index (χ3n) is 8.00. The molecule has 0 unspecified atom stereocenters. The average molecular weight is 707 g/mol. The summed E-state index contributed by atoms with van der Waals surface area (Å²) < 4.78 is 73.1. The van der Waals surface area contributed by atoms with Gasteiger partial charge in [-0.05, 0) is 76.4 Å². The largest absolute Gasteiger partial charge is 0.744 e. The second kappa shape index (κ2) is 15.8. The van der Waals surface area contributed by atoms with Crippen LogP contribution in [0.2, 0.25) is 0 Å². The molecular formula is C37H37N3NaO6S2. The van der Waals surface area contributed by atoms with E-state index in [-0.39, 0.29) is 39.3 Å². The third kappa shape index (κ3) is 9.46. The van der Waals surface area contributed by atoms with Crippen molar-refractivity contribution in [2.75, 3.05) is 38.0 Å². The number of rotatable bonds is 10. The predicted octanol–water partition coefficient (Wildman–Crippen LogP) is 5.37. The molecule has 4 aromatic rings. The summed E-state index contributed by atoms with van der Waals surface area (Å²) in [5.74, 6) is 0. The van der Waals surface area contributed by atoms with Crippen molar-refractivity contribution in [1.82, 2.24) is 0 Å². The van der Waals surface area contributed by atoms with Crippen molar-refractivity contribution in [2.45, 2.75) is 22.9 Å². The summed E-state index contributed by atoms with van der Waals surface area (Å²) in [4.78, 5) is 3.34. The molecular weight excluding hydrogens is 670 g/mol. The van der Waals surface area contributed by atoms with Gasteiger partial charge in [-0.15, -0.1) is 0 Å². The number of benzene rings is 4. The molecule has 0 spiro atoms. The first-order valence-electron chi connectivity index (χ1n) is 15.1. The first-order chi connectivity index (χ1) is 22.7. The van der Waals surface area contributed by atoms with Gasteiger partial charge in [-0.1, -0.05) is 60.7 Å². The normalized spacial score (nSPS) is 12.8. The van der Waals surface area contributed by atoms with Crippen LogP contribution in [-0.2, 0) is 33.3 Å². The van der Waals surface area contributed by atoms with Crippen molar-refractivity contribution in [3.05, 3.63) is 149 Å². The Morgan fingerprint density at radius 3 is 1.90 bits per heavy atom. The summed E-state index contributed by atoms with van der Waals surface area (Å²) in [6.45, 7) is 0.815. The molecule has 0 saturated heterocycles. The van der Waals surface area contributed by atoms with Gasteiger partial charge in [0.1, 0.15) is 29.1 Å². The Morgan fingerprint density at radius 2 is 1.33 bits per heavy atom. The van der Waals surface area contributed by atoms with E-state index < -0.39 is 20.2 Å². The number of anilines is 2. The molecule has 4 aromatic carbocycles. The zero-order chi connectivity index (χ0) is 34.6. The standard InChI is InChI=1S/C37H37N3O6S2.Na/c1-38(2)31-17-13-29(14-18-31)37(35-22-21-33(39(3)4)24-36(35)48(44,45)46)30-15-19-32(20-16-30)40(25-27-9-6-5-7-10-27)26-28-11-8-12-34(23-28)47(41,42)43;/h5-24H,25-26H2,1-4H3,(H-,41,42,43,44,45,46);. The quantitative estimate of drug-likeness (QED) is 0.133. The second-order valence-electron chi connectivity index (χ2n) is 11.9. The molecule has 49 heavy (non-hydrogen) atoms. The number of hydrogen-bond donors (Lipinski definition) is 1. The van der Waals surface area contributed by atoms with Gasteiger partial charge in [0.05, 0.1) is 4.90 Å². The third-order valence-corrected chi connectivity index (χ3v) is 9.72. The molecule has 0 saturated carbocycles. The van der Waals surface area contributed by atoms with E-state index in [4.69, 9.17) is 0 Å². The van der Waals surface area contributed by atoms with Gasteiger partial charge >= 0.3 is 0 Å². The van der Waals surface area contributed by atoms with Gasteiger partial charge in [0.25, 0.3) is 10.1 Å². The van der Waals surface area contributed by atoms with Crippen LogP contribution < -0.4 is 9.80 Å². The topological polar surface area (TPSA) is 121 Å². The first-order valence-corrected chi connectivity index (χ1v) is 17.9. The van der Waals surface area contributed by atoms with Gasteiger partial charge < -0.3 is 14.4 Å². The van der Waals surface area contributed by atoms with Gasteiger partial charge in [0.2, 0.25) is 0 Å². The van der Waals surface area contributed by atoms with Crippen molar-refractivity contribution in [3.8, 4) is 0 Å². The summed E-state index contributed by atoms with van der Waals surface area (Å²) in [7, 11) is -1.76. The van der Waals surface area contributed by atoms with E-state index in [1.807, 2.05) is 104 Å². The van der Waals surface area contributed by atoms with Crippen LogP contribution in [0, 0.1) is 0 Å². The van der Waals surface area contributed by atoms with Crippen LogP contribution in [0.25, 0.3) is 5.57 Å². The molecule has 0 aromatic heterocycles. The van der Waals surface area contributed by atoms with E-state index >= 15 is 0 Å². The molecule has 5 rings (SSSR count). The number of allylic oxidation sites excluding steroid dienone is 5. The Bertz CT molecular complexity index is 2150. The van der Waals surface area contributed by atoms with Gasteiger partial charge in [-0.3, -0.25) is 4.55 Å². The van der Waals surface area contributed by atoms with E-state index in [1.54, 1.807) is 37.2 Å². The molecule has 249 valence electrons. The molecule has 12 heteroatoms. The Morgan fingerprint density at radius 1 is 0.735 bits per heavy atom. The average Bonchev–Trinajstić information content (AvgIpc) is 3.05. The monoisotopic (exact) mass is 706 g/mol.